The van der Waals surface area contributed by atoms with Crippen LogP contribution in [0.5, 0.6) is 0 Å². The van der Waals surface area contributed by atoms with E-state index in [4.69, 9.17) is 11.6 Å². The molecule has 3 aromatic carbocycles. The normalized spacial score (nSPS) is 15.6. The minimum absolute atomic E-state index is 0.439. The van der Waals surface area contributed by atoms with Gasteiger partial charge in [-0.2, -0.15) is 0 Å². The summed E-state index contributed by atoms with van der Waals surface area (Å²) >= 11 is 9.46. The van der Waals surface area contributed by atoms with E-state index in [1.54, 1.807) is 0 Å². The first-order valence-corrected chi connectivity index (χ1v) is 11.5. The molecule has 0 fully saturated rings. The van der Waals surface area contributed by atoms with E-state index in [0.717, 1.165) is 53.1 Å². The third-order valence-corrected chi connectivity index (χ3v) is 6.48. The third-order valence-electron chi connectivity index (χ3n) is 5.70. The van der Waals surface area contributed by atoms with Gasteiger partial charge in [-0.15, -0.1) is 0 Å². The molecule has 154 valence electrons. The van der Waals surface area contributed by atoms with Crippen LogP contribution in [0, 0.1) is 0 Å². The van der Waals surface area contributed by atoms with Gasteiger partial charge in [-0.1, -0.05) is 82.1 Å². The fourth-order valence-corrected chi connectivity index (χ4v) is 4.24. The predicted molar refractivity (Wildman–Crippen MR) is 130 cm³/mol. The molecule has 1 heterocycles. The van der Waals surface area contributed by atoms with Gasteiger partial charge in [0.1, 0.15) is 0 Å². The lowest BCUT2D eigenvalue weighted by Gasteiger charge is -2.27. The first-order valence-electron chi connectivity index (χ1n) is 10.3. The first-order chi connectivity index (χ1) is 14.6. The number of aliphatic hydroxyl groups is 1. The molecule has 0 aromatic heterocycles. The van der Waals surface area contributed by atoms with Gasteiger partial charge in [-0.25, -0.2) is 0 Å². The van der Waals surface area contributed by atoms with Crippen molar-refractivity contribution in [1.82, 2.24) is 4.90 Å². The Morgan fingerprint density at radius 3 is 2.07 bits per heavy atom. The van der Waals surface area contributed by atoms with Crippen LogP contribution in [0.1, 0.15) is 30.1 Å². The second-order valence-electron chi connectivity index (χ2n) is 7.72. The van der Waals surface area contributed by atoms with Gasteiger partial charge in [0.2, 0.25) is 0 Å². The van der Waals surface area contributed by atoms with Crippen LogP contribution in [0.3, 0.4) is 0 Å². The number of rotatable bonds is 6. The standard InChI is InChI=1S/C26H25BrClNO/c27-24-9-5-20(6-10-24)19-1-3-23(4-2-19)26(30)15-18-29-16-13-22(14-17-29)21-7-11-25(28)12-8-21/h1-13,26,30H,14-18H2. The zero-order valence-electron chi connectivity index (χ0n) is 16.8. The molecule has 0 amide bonds. The van der Waals surface area contributed by atoms with Crippen LogP contribution in [0.4, 0.5) is 0 Å². The van der Waals surface area contributed by atoms with E-state index >= 15 is 0 Å². The molecule has 0 saturated carbocycles. The van der Waals surface area contributed by atoms with Gasteiger partial charge in [0.15, 0.2) is 0 Å². The van der Waals surface area contributed by atoms with Crippen molar-refractivity contribution in [3.05, 3.63) is 99.5 Å². The molecule has 1 aliphatic rings. The van der Waals surface area contributed by atoms with Crippen molar-refractivity contribution in [1.29, 1.82) is 0 Å². The van der Waals surface area contributed by atoms with Crippen molar-refractivity contribution in [2.45, 2.75) is 18.9 Å². The Kier molecular flexibility index (Phi) is 7.06. The number of benzene rings is 3. The molecule has 0 aliphatic carbocycles. The van der Waals surface area contributed by atoms with Crippen molar-refractivity contribution in [2.24, 2.45) is 0 Å². The average Bonchev–Trinajstić information content (AvgIpc) is 2.79. The summed E-state index contributed by atoms with van der Waals surface area (Å²) in [6.45, 7) is 2.83. The maximum absolute atomic E-state index is 10.6. The smallest absolute Gasteiger partial charge is 0.0802 e. The second-order valence-corrected chi connectivity index (χ2v) is 9.07. The van der Waals surface area contributed by atoms with Gasteiger partial charge < -0.3 is 5.11 Å². The summed E-state index contributed by atoms with van der Waals surface area (Å²) < 4.78 is 1.08. The van der Waals surface area contributed by atoms with Crippen molar-refractivity contribution >= 4 is 33.1 Å². The maximum atomic E-state index is 10.6. The van der Waals surface area contributed by atoms with Crippen LogP contribution >= 0.6 is 27.5 Å². The average molecular weight is 483 g/mol. The summed E-state index contributed by atoms with van der Waals surface area (Å²) in [4.78, 5) is 2.40. The lowest BCUT2D eigenvalue weighted by Crippen LogP contribution is -2.30. The molecule has 2 nitrogen and oxygen atoms in total. The Labute approximate surface area is 191 Å². The molecule has 4 rings (SSSR count). The zero-order chi connectivity index (χ0) is 20.9. The minimum Gasteiger partial charge on any atom is -0.388 e. The van der Waals surface area contributed by atoms with Gasteiger partial charge in [0.25, 0.3) is 0 Å². The largest absolute Gasteiger partial charge is 0.388 e. The summed E-state index contributed by atoms with van der Waals surface area (Å²) in [6.07, 6.45) is 3.62. The molecular formula is C26H25BrClNO. The highest BCUT2D eigenvalue weighted by Gasteiger charge is 2.15. The Hall–Kier alpha value is -1.91. The van der Waals surface area contributed by atoms with Gasteiger partial charge in [-0.05, 0) is 64.9 Å². The van der Waals surface area contributed by atoms with Gasteiger partial charge in [0, 0.05) is 29.1 Å². The summed E-state index contributed by atoms with van der Waals surface area (Å²) in [5.41, 5.74) is 5.95. The first kappa shape index (κ1) is 21.3. The molecule has 0 radical (unpaired) electrons. The Bertz CT molecular complexity index is 997. The van der Waals surface area contributed by atoms with Crippen LogP contribution in [-0.4, -0.2) is 29.6 Å². The van der Waals surface area contributed by atoms with E-state index in [0.29, 0.717) is 0 Å². The molecule has 1 unspecified atom stereocenters. The Morgan fingerprint density at radius 1 is 0.867 bits per heavy atom. The highest BCUT2D eigenvalue weighted by molar-refractivity contribution is 9.10. The SMILES string of the molecule is OC(CCN1CC=C(c2ccc(Cl)cc2)CC1)c1ccc(-c2ccc(Br)cc2)cc1. The zero-order valence-corrected chi connectivity index (χ0v) is 19.1. The van der Waals surface area contributed by atoms with E-state index < -0.39 is 6.10 Å². The third kappa shape index (κ3) is 5.41. The van der Waals surface area contributed by atoms with Crippen LogP contribution in [0.15, 0.2) is 83.3 Å². The van der Waals surface area contributed by atoms with Gasteiger partial charge in [-0.3, -0.25) is 4.90 Å². The van der Waals surface area contributed by atoms with E-state index in [1.807, 2.05) is 36.4 Å². The van der Waals surface area contributed by atoms with Gasteiger partial charge in [0.05, 0.1) is 6.10 Å². The van der Waals surface area contributed by atoms with E-state index in [1.165, 1.54) is 16.7 Å². The van der Waals surface area contributed by atoms with Crippen molar-refractivity contribution in [2.75, 3.05) is 19.6 Å². The monoisotopic (exact) mass is 481 g/mol. The summed E-state index contributed by atoms with van der Waals surface area (Å²) in [5, 5.41) is 11.4. The lowest BCUT2D eigenvalue weighted by molar-refractivity contribution is 0.145. The molecular weight excluding hydrogens is 458 g/mol. The van der Waals surface area contributed by atoms with E-state index in [-0.39, 0.29) is 0 Å². The fraction of sp³-hybridized carbons (Fsp3) is 0.231. The number of halogens is 2. The number of hydrogen-bond donors (Lipinski definition) is 1. The maximum Gasteiger partial charge on any atom is 0.0802 e. The Balaban J connectivity index is 1.30. The molecule has 0 saturated heterocycles. The van der Waals surface area contributed by atoms with Crippen LogP contribution in [-0.2, 0) is 0 Å². The van der Waals surface area contributed by atoms with Crippen molar-refractivity contribution < 1.29 is 5.11 Å². The Morgan fingerprint density at radius 2 is 1.47 bits per heavy atom. The molecule has 3 aromatic rings. The number of aliphatic hydroxyl groups excluding tert-OH is 1. The predicted octanol–water partition coefficient (Wildman–Crippen LogP) is 6.98. The van der Waals surface area contributed by atoms with Crippen LogP contribution in [0.25, 0.3) is 16.7 Å². The minimum atomic E-state index is -0.439. The van der Waals surface area contributed by atoms with E-state index in [2.05, 4.69) is 63.3 Å². The summed E-state index contributed by atoms with van der Waals surface area (Å²) in [5.74, 6) is 0. The second kappa shape index (κ2) is 9.93. The highest BCUT2D eigenvalue weighted by atomic mass is 79.9. The molecule has 30 heavy (non-hydrogen) atoms. The molecule has 0 bridgehead atoms. The van der Waals surface area contributed by atoms with E-state index in [9.17, 15) is 5.11 Å². The fourth-order valence-electron chi connectivity index (χ4n) is 3.85. The topological polar surface area (TPSA) is 23.5 Å². The molecule has 1 aliphatic heterocycles. The quantitative estimate of drug-likeness (QED) is 0.409. The molecule has 4 heteroatoms. The molecule has 0 spiro atoms. The van der Waals surface area contributed by atoms with Crippen LogP contribution < -0.4 is 0 Å². The number of hydrogen-bond acceptors (Lipinski definition) is 2. The van der Waals surface area contributed by atoms with Crippen LogP contribution in [0.2, 0.25) is 5.02 Å². The summed E-state index contributed by atoms with van der Waals surface area (Å²) in [6, 6.07) is 24.6. The van der Waals surface area contributed by atoms with Crippen molar-refractivity contribution in [3.63, 3.8) is 0 Å². The molecule has 1 atom stereocenters. The van der Waals surface area contributed by atoms with Crippen molar-refractivity contribution in [3.8, 4) is 11.1 Å². The number of nitrogens with zero attached hydrogens (tertiary/aromatic N) is 1. The molecule has 1 N–H and O–H groups in total. The van der Waals surface area contributed by atoms with Gasteiger partial charge >= 0.3 is 0 Å². The highest BCUT2D eigenvalue weighted by Crippen LogP contribution is 2.27. The lowest BCUT2D eigenvalue weighted by atomic mass is 9.98. The summed E-state index contributed by atoms with van der Waals surface area (Å²) in [7, 11) is 0.